The van der Waals surface area contributed by atoms with E-state index in [9.17, 15) is 0 Å². The Balaban J connectivity index is 0.000000461. The molecule has 0 fully saturated rings. The van der Waals surface area contributed by atoms with Crippen molar-refractivity contribution >= 4 is 23.4 Å². The molecule has 0 spiro atoms. The number of aryl methyl sites for hydroxylation is 1. The van der Waals surface area contributed by atoms with E-state index in [1.165, 1.54) is 10.8 Å². The minimum Gasteiger partial charge on any atom is -0.261 e. The predicted molar refractivity (Wildman–Crippen MR) is 65.1 cm³/mol. The Labute approximate surface area is 90.6 Å². The van der Waals surface area contributed by atoms with Crippen molar-refractivity contribution in [2.45, 2.75) is 25.7 Å². The summed E-state index contributed by atoms with van der Waals surface area (Å²) in [5.74, 6) is 0. The number of nitrogens with zero attached hydrogens (tertiary/aromatic N) is 1. The molecule has 0 aliphatic rings. The van der Waals surface area contributed by atoms with Crippen LogP contribution in [0.5, 0.6) is 0 Å². The molecule has 0 N–H and O–H groups in total. The molecular weight excluding hydrogens is 190 g/mol. The molecule has 1 nitrogen and oxygen atoms in total. The highest BCUT2D eigenvalue weighted by atomic mass is 32.1. The number of hydrogen-bond donors (Lipinski definition) is 1. The van der Waals surface area contributed by atoms with Gasteiger partial charge in [0.2, 0.25) is 0 Å². The van der Waals surface area contributed by atoms with Crippen LogP contribution < -0.4 is 0 Å². The number of thiol groups is 1. The summed E-state index contributed by atoms with van der Waals surface area (Å²) in [5.41, 5.74) is 1.07. The zero-order valence-electron chi connectivity index (χ0n) is 8.78. The molecule has 74 valence electrons. The highest BCUT2D eigenvalue weighted by molar-refractivity contribution is 7.80. The first-order valence-corrected chi connectivity index (χ1v) is 5.26. The van der Waals surface area contributed by atoms with Crippen LogP contribution in [0, 0.1) is 6.92 Å². The molecule has 0 unspecified atom stereocenters. The van der Waals surface area contributed by atoms with E-state index in [1.54, 1.807) is 0 Å². The van der Waals surface area contributed by atoms with Crippen LogP contribution in [0.15, 0.2) is 35.4 Å². The molecule has 1 heterocycles. The highest BCUT2D eigenvalue weighted by Gasteiger charge is 1.96. The molecule has 0 radical (unpaired) electrons. The fraction of sp³-hybridized carbons (Fsp3) is 0.250. The van der Waals surface area contributed by atoms with Crippen molar-refractivity contribution in [1.29, 1.82) is 0 Å². The van der Waals surface area contributed by atoms with E-state index in [-0.39, 0.29) is 0 Å². The van der Waals surface area contributed by atoms with Gasteiger partial charge in [0.15, 0.2) is 0 Å². The van der Waals surface area contributed by atoms with Crippen LogP contribution in [0.3, 0.4) is 0 Å². The van der Waals surface area contributed by atoms with E-state index in [0.29, 0.717) is 0 Å². The van der Waals surface area contributed by atoms with Crippen molar-refractivity contribution in [3.63, 3.8) is 0 Å². The van der Waals surface area contributed by atoms with Gasteiger partial charge in [-0.1, -0.05) is 19.9 Å². The summed E-state index contributed by atoms with van der Waals surface area (Å²) in [6.45, 7) is 6.01. The van der Waals surface area contributed by atoms with Crippen molar-refractivity contribution < 1.29 is 0 Å². The minimum atomic E-state index is 0.994. The van der Waals surface area contributed by atoms with E-state index in [2.05, 4.69) is 23.7 Å². The third-order valence-electron chi connectivity index (χ3n) is 1.95. The molecule has 0 aliphatic heterocycles. The summed E-state index contributed by atoms with van der Waals surface area (Å²) in [5, 5.41) is 2.41. The standard InChI is InChI=1S/C10H9NS.C2H6/c1-7-10-3-2-9(12)6-8(10)4-5-11-7;1-2/h2-6,12H,1H3;1-2H3. The number of fused-ring (bicyclic) bond motifs is 1. The zero-order chi connectivity index (χ0) is 10.6. The minimum absolute atomic E-state index is 0.994. The lowest BCUT2D eigenvalue weighted by molar-refractivity contribution is 1.23. The smallest absolute Gasteiger partial charge is 0.0450 e. The lowest BCUT2D eigenvalue weighted by atomic mass is 10.1. The summed E-state index contributed by atoms with van der Waals surface area (Å²) in [6.07, 6.45) is 1.82. The zero-order valence-corrected chi connectivity index (χ0v) is 9.68. The molecule has 0 amide bonds. The van der Waals surface area contributed by atoms with Crippen LogP contribution in [0.2, 0.25) is 0 Å². The molecule has 2 aromatic rings. The molecule has 14 heavy (non-hydrogen) atoms. The first-order valence-electron chi connectivity index (χ1n) is 4.82. The summed E-state index contributed by atoms with van der Waals surface area (Å²) >= 11 is 4.27. The molecule has 1 aromatic heterocycles. The molecule has 0 aliphatic carbocycles. The molecule has 0 atom stereocenters. The van der Waals surface area contributed by atoms with Gasteiger partial charge in [0.05, 0.1) is 0 Å². The van der Waals surface area contributed by atoms with Crippen molar-refractivity contribution in [1.82, 2.24) is 4.98 Å². The van der Waals surface area contributed by atoms with Crippen LogP contribution >= 0.6 is 12.6 Å². The van der Waals surface area contributed by atoms with Gasteiger partial charge >= 0.3 is 0 Å². The average Bonchev–Trinajstić information content (AvgIpc) is 2.21. The fourth-order valence-corrected chi connectivity index (χ4v) is 1.53. The lowest BCUT2D eigenvalue weighted by Crippen LogP contribution is -1.82. The van der Waals surface area contributed by atoms with Gasteiger partial charge in [-0.25, -0.2) is 0 Å². The summed E-state index contributed by atoms with van der Waals surface area (Å²) in [7, 11) is 0. The van der Waals surface area contributed by atoms with E-state index >= 15 is 0 Å². The number of pyridine rings is 1. The van der Waals surface area contributed by atoms with Gasteiger partial charge < -0.3 is 0 Å². The quantitative estimate of drug-likeness (QED) is 0.644. The van der Waals surface area contributed by atoms with Gasteiger partial charge in [-0.2, -0.15) is 0 Å². The Morgan fingerprint density at radius 3 is 2.57 bits per heavy atom. The second-order valence-corrected chi connectivity index (χ2v) is 3.32. The second kappa shape index (κ2) is 5.01. The van der Waals surface area contributed by atoms with Crippen molar-refractivity contribution in [3.05, 3.63) is 36.2 Å². The van der Waals surface area contributed by atoms with E-state index < -0.39 is 0 Å². The Bertz CT molecular complexity index is 424. The Morgan fingerprint density at radius 2 is 1.86 bits per heavy atom. The molecule has 2 heteroatoms. The number of aromatic nitrogens is 1. The van der Waals surface area contributed by atoms with Crippen molar-refractivity contribution in [2.75, 3.05) is 0 Å². The first kappa shape index (κ1) is 11.1. The van der Waals surface area contributed by atoms with Gasteiger partial charge in [0.25, 0.3) is 0 Å². The summed E-state index contributed by atoms with van der Waals surface area (Å²) in [4.78, 5) is 5.21. The number of rotatable bonds is 0. The third kappa shape index (κ3) is 2.26. The van der Waals surface area contributed by atoms with Gasteiger partial charge in [0.1, 0.15) is 0 Å². The van der Waals surface area contributed by atoms with Crippen LogP contribution in [-0.4, -0.2) is 4.98 Å². The first-order chi connectivity index (χ1) is 6.77. The largest absolute Gasteiger partial charge is 0.261 e. The van der Waals surface area contributed by atoms with Gasteiger partial charge in [0, 0.05) is 22.2 Å². The van der Waals surface area contributed by atoms with Crippen LogP contribution in [0.25, 0.3) is 10.8 Å². The maximum Gasteiger partial charge on any atom is 0.0450 e. The third-order valence-corrected chi connectivity index (χ3v) is 2.23. The number of benzene rings is 1. The van der Waals surface area contributed by atoms with E-state index in [4.69, 9.17) is 0 Å². The topological polar surface area (TPSA) is 12.9 Å². The maximum absolute atomic E-state index is 4.27. The molecule has 2 rings (SSSR count). The van der Waals surface area contributed by atoms with E-state index in [0.717, 1.165) is 10.6 Å². The summed E-state index contributed by atoms with van der Waals surface area (Å²) in [6, 6.07) is 8.09. The lowest BCUT2D eigenvalue weighted by Gasteiger charge is -2.00. The van der Waals surface area contributed by atoms with Gasteiger partial charge in [-0.3, -0.25) is 4.98 Å². The SMILES string of the molecule is CC.Cc1nccc2cc(S)ccc12. The van der Waals surface area contributed by atoms with E-state index in [1.807, 2.05) is 45.2 Å². The monoisotopic (exact) mass is 205 g/mol. The van der Waals surface area contributed by atoms with Crippen LogP contribution in [-0.2, 0) is 0 Å². The number of hydrogen-bond acceptors (Lipinski definition) is 2. The Kier molecular flexibility index (Phi) is 3.96. The normalized spacial score (nSPS) is 9.43. The predicted octanol–water partition coefficient (Wildman–Crippen LogP) is 3.86. The average molecular weight is 205 g/mol. The molecular formula is C12H15NS. The highest BCUT2D eigenvalue weighted by Crippen LogP contribution is 2.19. The van der Waals surface area contributed by atoms with Crippen molar-refractivity contribution in [2.24, 2.45) is 0 Å². The van der Waals surface area contributed by atoms with Gasteiger partial charge in [-0.15, -0.1) is 12.6 Å². The Morgan fingerprint density at radius 1 is 1.14 bits per heavy atom. The van der Waals surface area contributed by atoms with Gasteiger partial charge in [-0.05, 0) is 30.5 Å². The van der Waals surface area contributed by atoms with Crippen LogP contribution in [0.1, 0.15) is 19.5 Å². The maximum atomic E-state index is 4.27. The summed E-state index contributed by atoms with van der Waals surface area (Å²) < 4.78 is 0. The molecule has 0 saturated heterocycles. The van der Waals surface area contributed by atoms with Crippen LogP contribution in [0.4, 0.5) is 0 Å². The van der Waals surface area contributed by atoms with Crippen molar-refractivity contribution in [3.8, 4) is 0 Å². The molecule has 0 saturated carbocycles. The second-order valence-electron chi connectivity index (χ2n) is 2.80. The molecule has 0 bridgehead atoms. The Hall–Kier alpha value is -1.02. The molecule has 1 aromatic carbocycles. The fourth-order valence-electron chi connectivity index (χ4n) is 1.32.